The molecule has 0 aliphatic heterocycles. The molecular weight excluding hydrogens is 304 g/mol. The Hall–Kier alpha value is -2.62. The number of esters is 2. The molecule has 0 unspecified atom stereocenters. The van der Waals surface area contributed by atoms with E-state index in [2.05, 4.69) is 13.8 Å². The van der Waals surface area contributed by atoms with E-state index in [1.54, 1.807) is 24.3 Å². The fourth-order valence-corrected chi connectivity index (χ4v) is 2.38. The van der Waals surface area contributed by atoms with Crippen LogP contribution >= 0.6 is 0 Å². The first-order valence-corrected chi connectivity index (χ1v) is 7.85. The van der Waals surface area contributed by atoms with E-state index in [9.17, 15) is 9.59 Å². The van der Waals surface area contributed by atoms with Crippen LogP contribution in [0.2, 0.25) is 0 Å². The van der Waals surface area contributed by atoms with E-state index in [4.69, 9.17) is 9.47 Å². The lowest BCUT2D eigenvalue weighted by molar-refractivity contribution is 0.0479. The van der Waals surface area contributed by atoms with Crippen LogP contribution < -0.4 is 0 Å². The third-order valence-electron chi connectivity index (χ3n) is 4.06. The fraction of sp³-hybridized carbons (Fsp3) is 0.300. The molecule has 0 saturated heterocycles. The molecule has 0 aromatic heterocycles. The van der Waals surface area contributed by atoms with E-state index >= 15 is 0 Å². The quantitative estimate of drug-likeness (QED) is 0.753. The summed E-state index contributed by atoms with van der Waals surface area (Å²) in [6.07, 6.45) is 0.684. The summed E-state index contributed by atoms with van der Waals surface area (Å²) in [7, 11) is 1.36. The summed E-state index contributed by atoms with van der Waals surface area (Å²) in [6, 6.07) is 16.3. The van der Waals surface area contributed by atoms with Crippen molar-refractivity contribution in [2.24, 2.45) is 0 Å². The Balaban J connectivity index is 1.93. The van der Waals surface area contributed by atoms with Gasteiger partial charge < -0.3 is 9.47 Å². The van der Waals surface area contributed by atoms with Gasteiger partial charge in [0.1, 0.15) is 0 Å². The van der Waals surface area contributed by atoms with E-state index in [1.807, 2.05) is 30.3 Å². The van der Waals surface area contributed by atoms with Crippen LogP contribution in [0.1, 0.15) is 46.5 Å². The predicted octanol–water partition coefficient (Wildman–Crippen LogP) is 4.00. The highest BCUT2D eigenvalue weighted by atomic mass is 16.5. The molecule has 24 heavy (non-hydrogen) atoms. The van der Waals surface area contributed by atoms with E-state index in [1.165, 1.54) is 7.11 Å². The minimum absolute atomic E-state index is 0.175. The molecule has 0 aliphatic rings. The molecule has 0 amide bonds. The van der Waals surface area contributed by atoms with Gasteiger partial charge in [-0.3, -0.25) is 0 Å². The van der Waals surface area contributed by atoms with Gasteiger partial charge in [-0.1, -0.05) is 44.2 Å². The average molecular weight is 326 g/mol. The molecule has 4 nitrogen and oxygen atoms in total. The molecule has 0 saturated carbocycles. The first kappa shape index (κ1) is 17.7. The van der Waals surface area contributed by atoms with Crippen molar-refractivity contribution in [1.29, 1.82) is 0 Å². The molecule has 0 aliphatic carbocycles. The Labute approximate surface area is 142 Å². The molecule has 4 heteroatoms. The van der Waals surface area contributed by atoms with Crippen LogP contribution in [0.15, 0.2) is 54.6 Å². The summed E-state index contributed by atoms with van der Waals surface area (Å²) in [4.78, 5) is 23.4. The summed E-state index contributed by atoms with van der Waals surface area (Å²) in [5.41, 5.74) is 1.97. The van der Waals surface area contributed by atoms with Crippen LogP contribution in [0.3, 0.4) is 0 Å². The average Bonchev–Trinajstić information content (AvgIpc) is 2.61. The molecule has 0 spiro atoms. The highest BCUT2D eigenvalue weighted by molar-refractivity contribution is 5.89. The summed E-state index contributed by atoms with van der Waals surface area (Å²) in [5.74, 6) is -0.663. The first-order chi connectivity index (χ1) is 11.4. The second kappa shape index (κ2) is 7.77. The lowest BCUT2D eigenvalue weighted by Crippen LogP contribution is -2.21. The van der Waals surface area contributed by atoms with E-state index < -0.39 is 0 Å². The summed E-state index contributed by atoms with van der Waals surface area (Å²) in [6.45, 7) is 4.49. The molecule has 2 aromatic carbocycles. The van der Waals surface area contributed by atoms with Gasteiger partial charge >= 0.3 is 11.9 Å². The smallest absolute Gasteiger partial charge is 0.338 e. The van der Waals surface area contributed by atoms with Gasteiger partial charge in [0, 0.05) is 0 Å². The van der Waals surface area contributed by atoms with E-state index in [0.29, 0.717) is 24.2 Å². The van der Waals surface area contributed by atoms with Crippen molar-refractivity contribution >= 4 is 11.9 Å². The maximum Gasteiger partial charge on any atom is 0.338 e. The third kappa shape index (κ3) is 4.44. The second-order valence-electron chi connectivity index (χ2n) is 6.20. The fourth-order valence-electron chi connectivity index (χ4n) is 2.38. The van der Waals surface area contributed by atoms with Gasteiger partial charge in [0.25, 0.3) is 0 Å². The standard InChI is InChI=1S/C20H22O4/c1-20(2,17-11-9-16(10-12-17)18(21)23-3)13-14-24-19(22)15-7-5-4-6-8-15/h4-12H,13-14H2,1-3H3. The predicted molar refractivity (Wildman–Crippen MR) is 92.1 cm³/mol. The van der Waals surface area contributed by atoms with Gasteiger partial charge in [0.2, 0.25) is 0 Å². The Morgan fingerprint density at radius 1 is 0.875 bits per heavy atom. The minimum Gasteiger partial charge on any atom is -0.465 e. The number of ether oxygens (including phenoxy) is 2. The second-order valence-corrected chi connectivity index (χ2v) is 6.20. The third-order valence-corrected chi connectivity index (χ3v) is 4.06. The zero-order valence-corrected chi connectivity index (χ0v) is 14.2. The van der Waals surface area contributed by atoms with Crippen LogP contribution in [0.4, 0.5) is 0 Å². The zero-order chi connectivity index (χ0) is 17.6. The topological polar surface area (TPSA) is 52.6 Å². The van der Waals surface area contributed by atoms with Crippen molar-refractivity contribution in [2.75, 3.05) is 13.7 Å². The molecular formula is C20H22O4. The van der Waals surface area contributed by atoms with Crippen molar-refractivity contribution < 1.29 is 19.1 Å². The number of methoxy groups -OCH3 is 1. The molecule has 0 bridgehead atoms. The monoisotopic (exact) mass is 326 g/mol. The molecule has 2 aromatic rings. The van der Waals surface area contributed by atoms with Crippen molar-refractivity contribution in [3.63, 3.8) is 0 Å². The van der Waals surface area contributed by atoms with Gasteiger partial charge in [-0.05, 0) is 41.7 Å². The zero-order valence-electron chi connectivity index (χ0n) is 14.2. The molecule has 0 atom stereocenters. The molecule has 2 rings (SSSR count). The van der Waals surface area contributed by atoms with Crippen LogP contribution in [0.25, 0.3) is 0 Å². The van der Waals surface area contributed by atoms with Crippen LogP contribution in [0.5, 0.6) is 0 Å². The maximum absolute atomic E-state index is 11.9. The number of hydrogen-bond donors (Lipinski definition) is 0. The van der Waals surface area contributed by atoms with E-state index in [-0.39, 0.29) is 17.4 Å². The Morgan fingerprint density at radius 3 is 2.04 bits per heavy atom. The highest BCUT2D eigenvalue weighted by Crippen LogP contribution is 2.27. The van der Waals surface area contributed by atoms with Gasteiger partial charge in [0.05, 0.1) is 24.8 Å². The number of carbonyl (C=O) groups excluding carboxylic acids is 2. The largest absolute Gasteiger partial charge is 0.465 e. The van der Waals surface area contributed by atoms with Gasteiger partial charge in [-0.2, -0.15) is 0 Å². The lowest BCUT2D eigenvalue weighted by atomic mass is 9.81. The summed E-state index contributed by atoms with van der Waals surface area (Å²) >= 11 is 0. The highest BCUT2D eigenvalue weighted by Gasteiger charge is 2.21. The Bertz CT molecular complexity index is 687. The molecule has 0 radical (unpaired) electrons. The van der Waals surface area contributed by atoms with Crippen LogP contribution in [-0.4, -0.2) is 25.7 Å². The van der Waals surface area contributed by atoms with Gasteiger partial charge in [-0.15, -0.1) is 0 Å². The van der Waals surface area contributed by atoms with Crippen LogP contribution in [0, 0.1) is 0 Å². The summed E-state index contributed by atoms with van der Waals surface area (Å²) in [5, 5.41) is 0. The summed E-state index contributed by atoms with van der Waals surface area (Å²) < 4.78 is 10.1. The lowest BCUT2D eigenvalue weighted by Gasteiger charge is -2.25. The SMILES string of the molecule is COC(=O)c1ccc(C(C)(C)CCOC(=O)c2ccccc2)cc1. The number of rotatable bonds is 6. The first-order valence-electron chi connectivity index (χ1n) is 7.85. The van der Waals surface area contributed by atoms with Crippen molar-refractivity contribution in [3.05, 3.63) is 71.3 Å². The van der Waals surface area contributed by atoms with Crippen molar-refractivity contribution in [1.82, 2.24) is 0 Å². The van der Waals surface area contributed by atoms with E-state index in [0.717, 1.165) is 5.56 Å². The molecule has 0 N–H and O–H groups in total. The number of carbonyl (C=O) groups is 2. The van der Waals surface area contributed by atoms with Gasteiger partial charge in [-0.25, -0.2) is 9.59 Å². The molecule has 0 fully saturated rings. The normalized spacial score (nSPS) is 11.0. The minimum atomic E-state index is -0.351. The number of hydrogen-bond acceptors (Lipinski definition) is 4. The maximum atomic E-state index is 11.9. The van der Waals surface area contributed by atoms with Crippen LogP contribution in [-0.2, 0) is 14.9 Å². The molecule has 126 valence electrons. The Kier molecular flexibility index (Phi) is 5.74. The van der Waals surface area contributed by atoms with Crippen molar-refractivity contribution in [3.8, 4) is 0 Å². The van der Waals surface area contributed by atoms with Gasteiger partial charge in [0.15, 0.2) is 0 Å². The number of benzene rings is 2. The van der Waals surface area contributed by atoms with Crippen molar-refractivity contribution in [2.45, 2.75) is 25.7 Å². The Morgan fingerprint density at radius 2 is 1.46 bits per heavy atom. The molecule has 0 heterocycles.